The molecule has 0 saturated carbocycles. The molecule has 2 N–H and O–H groups in total. The Bertz CT molecular complexity index is 300. The van der Waals surface area contributed by atoms with Crippen LogP contribution in [0.3, 0.4) is 0 Å². The van der Waals surface area contributed by atoms with Crippen LogP contribution in [0.1, 0.15) is 33.1 Å². The van der Waals surface area contributed by atoms with Gasteiger partial charge in [0.1, 0.15) is 0 Å². The molecule has 5 nitrogen and oxygen atoms in total. The third kappa shape index (κ3) is 4.44. The Kier molecular flexibility index (Phi) is 4.81. The molecule has 2 aliphatic heterocycles. The fourth-order valence-electron chi connectivity index (χ4n) is 2.96. The van der Waals surface area contributed by atoms with Crippen LogP contribution in [0.5, 0.6) is 0 Å². The molecule has 19 heavy (non-hydrogen) atoms. The molecule has 0 unspecified atom stereocenters. The number of hydrogen-bond donors (Lipinski definition) is 2. The second kappa shape index (κ2) is 6.20. The van der Waals surface area contributed by atoms with Gasteiger partial charge in [-0.05, 0) is 33.2 Å². The molecule has 1 atom stereocenters. The first kappa shape index (κ1) is 14.8. The largest absolute Gasteiger partial charge is 0.389 e. The lowest BCUT2D eigenvalue weighted by Crippen LogP contribution is -2.56. The molecule has 0 aromatic heterocycles. The Labute approximate surface area is 115 Å². The SMILES string of the molecule is CC(C)(O)CN1CCN(C(=O)[C@@H]2CCCCN2)CC1. The molecule has 2 heterocycles. The van der Waals surface area contributed by atoms with E-state index < -0.39 is 5.60 Å². The summed E-state index contributed by atoms with van der Waals surface area (Å²) in [5, 5.41) is 13.1. The molecule has 2 rings (SSSR count). The monoisotopic (exact) mass is 269 g/mol. The Morgan fingerprint density at radius 3 is 2.47 bits per heavy atom. The predicted molar refractivity (Wildman–Crippen MR) is 75.0 cm³/mol. The summed E-state index contributed by atoms with van der Waals surface area (Å²) in [6.45, 7) is 8.60. The zero-order valence-electron chi connectivity index (χ0n) is 12.2. The van der Waals surface area contributed by atoms with Gasteiger partial charge in [0.25, 0.3) is 0 Å². The van der Waals surface area contributed by atoms with Crippen LogP contribution < -0.4 is 5.32 Å². The average molecular weight is 269 g/mol. The predicted octanol–water partition coefficient (Wildman–Crippen LogP) is 0.0436. The third-order valence-electron chi connectivity index (χ3n) is 3.90. The molecular weight excluding hydrogens is 242 g/mol. The summed E-state index contributed by atoms with van der Waals surface area (Å²) in [6, 6.07) is 0.0367. The van der Waals surface area contributed by atoms with Crippen molar-refractivity contribution in [1.82, 2.24) is 15.1 Å². The van der Waals surface area contributed by atoms with Crippen molar-refractivity contribution >= 4 is 5.91 Å². The normalized spacial score (nSPS) is 26.5. The summed E-state index contributed by atoms with van der Waals surface area (Å²) in [4.78, 5) is 16.6. The number of β-amino-alcohol motifs (C(OH)–C–C–N with tert-alkyl or cyclic N) is 1. The highest BCUT2D eigenvalue weighted by molar-refractivity contribution is 5.82. The van der Waals surface area contributed by atoms with E-state index in [1.807, 2.05) is 18.7 Å². The van der Waals surface area contributed by atoms with E-state index in [2.05, 4.69) is 10.2 Å². The number of carbonyl (C=O) groups is 1. The number of piperazine rings is 1. The number of amides is 1. The van der Waals surface area contributed by atoms with Crippen molar-refractivity contribution in [2.24, 2.45) is 0 Å². The minimum atomic E-state index is -0.656. The number of nitrogens with zero attached hydrogens (tertiary/aromatic N) is 2. The van der Waals surface area contributed by atoms with Gasteiger partial charge in [-0.1, -0.05) is 6.42 Å². The molecule has 0 bridgehead atoms. The minimum Gasteiger partial charge on any atom is -0.389 e. The van der Waals surface area contributed by atoms with Crippen molar-refractivity contribution in [2.45, 2.75) is 44.8 Å². The maximum atomic E-state index is 12.3. The van der Waals surface area contributed by atoms with Crippen molar-refractivity contribution in [1.29, 1.82) is 0 Å². The number of rotatable bonds is 3. The first-order valence-electron chi connectivity index (χ1n) is 7.43. The highest BCUT2D eigenvalue weighted by Crippen LogP contribution is 2.13. The Balaban J connectivity index is 1.77. The summed E-state index contributed by atoms with van der Waals surface area (Å²) < 4.78 is 0. The number of nitrogens with one attached hydrogen (secondary N) is 1. The molecule has 0 spiro atoms. The summed E-state index contributed by atoms with van der Waals surface area (Å²) >= 11 is 0. The average Bonchev–Trinajstić information content (AvgIpc) is 2.38. The summed E-state index contributed by atoms with van der Waals surface area (Å²) in [5.74, 6) is 0.266. The lowest BCUT2D eigenvalue weighted by molar-refractivity contribution is -0.136. The lowest BCUT2D eigenvalue weighted by atomic mass is 10.0. The standard InChI is InChI=1S/C14H27N3O2/c1-14(2,19)11-16-7-9-17(10-8-16)13(18)12-5-3-4-6-15-12/h12,15,19H,3-11H2,1-2H3/t12-/m0/s1. The summed E-state index contributed by atoms with van der Waals surface area (Å²) in [6.07, 6.45) is 3.31. The van der Waals surface area contributed by atoms with Crippen LogP contribution in [0.25, 0.3) is 0 Å². The zero-order chi connectivity index (χ0) is 13.9. The van der Waals surface area contributed by atoms with Crippen molar-refractivity contribution in [3.05, 3.63) is 0 Å². The lowest BCUT2D eigenvalue weighted by Gasteiger charge is -2.39. The highest BCUT2D eigenvalue weighted by Gasteiger charge is 2.29. The van der Waals surface area contributed by atoms with Gasteiger partial charge in [-0.25, -0.2) is 0 Å². The molecule has 0 radical (unpaired) electrons. The molecular formula is C14H27N3O2. The maximum absolute atomic E-state index is 12.3. The Hall–Kier alpha value is -0.650. The van der Waals surface area contributed by atoms with E-state index in [1.54, 1.807) is 0 Å². The van der Waals surface area contributed by atoms with Gasteiger partial charge in [0, 0.05) is 32.7 Å². The number of carbonyl (C=O) groups excluding carboxylic acids is 1. The van der Waals surface area contributed by atoms with Gasteiger partial charge in [-0.3, -0.25) is 9.69 Å². The van der Waals surface area contributed by atoms with Crippen LogP contribution in [-0.4, -0.2) is 71.7 Å². The molecule has 2 fully saturated rings. The van der Waals surface area contributed by atoms with Crippen LogP contribution in [0.15, 0.2) is 0 Å². The first-order valence-corrected chi connectivity index (χ1v) is 7.43. The van der Waals surface area contributed by atoms with Gasteiger partial charge in [0.15, 0.2) is 0 Å². The van der Waals surface area contributed by atoms with E-state index in [0.29, 0.717) is 6.54 Å². The number of aliphatic hydroxyl groups is 1. The van der Waals surface area contributed by atoms with Crippen molar-refractivity contribution < 1.29 is 9.90 Å². The quantitative estimate of drug-likeness (QED) is 0.760. The van der Waals surface area contributed by atoms with Crippen LogP contribution in [-0.2, 0) is 4.79 Å². The topological polar surface area (TPSA) is 55.8 Å². The Morgan fingerprint density at radius 2 is 1.95 bits per heavy atom. The van der Waals surface area contributed by atoms with Gasteiger partial charge in [-0.2, -0.15) is 0 Å². The van der Waals surface area contributed by atoms with Crippen LogP contribution >= 0.6 is 0 Å². The first-order chi connectivity index (χ1) is 8.96. The van der Waals surface area contributed by atoms with Gasteiger partial charge >= 0.3 is 0 Å². The van der Waals surface area contributed by atoms with E-state index in [9.17, 15) is 9.90 Å². The fourth-order valence-corrected chi connectivity index (χ4v) is 2.96. The molecule has 5 heteroatoms. The summed E-state index contributed by atoms with van der Waals surface area (Å²) in [7, 11) is 0. The second-order valence-electron chi connectivity index (χ2n) is 6.42. The molecule has 0 aliphatic carbocycles. The van der Waals surface area contributed by atoms with Crippen LogP contribution in [0, 0.1) is 0 Å². The van der Waals surface area contributed by atoms with E-state index in [0.717, 1.165) is 45.6 Å². The second-order valence-corrected chi connectivity index (χ2v) is 6.42. The van der Waals surface area contributed by atoms with Gasteiger partial charge in [0.05, 0.1) is 11.6 Å². The van der Waals surface area contributed by atoms with E-state index in [4.69, 9.17) is 0 Å². The van der Waals surface area contributed by atoms with Gasteiger partial charge in [-0.15, -0.1) is 0 Å². The third-order valence-corrected chi connectivity index (χ3v) is 3.90. The maximum Gasteiger partial charge on any atom is 0.239 e. The minimum absolute atomic E-state index is 0.0367. The van der Waals surface area contributed by atoms with Crippen molar-refractivity contribution in [2.75, 3.05) is 39.3 Å². The zero-order valence-corrected chi connectivity index (χ0v) is 12.2. The highest BCUT2D eigenvalue weighted by atomic mass is 16.3. The van der Waals surface area contributed by atoms with Crippen LogP contribution in [0.2, 0.25) is 0 Å². The van der Waals surface area contributed by atoms with E-state index in [-0.39, 0.29) is 11.9 Å². The summed E-state index contributed by atoms with van der Waals surface area (Å²) in [5.41, 5.74) is -0.656. The van der Waals surface area contributed by atoms with Crippen LogP contribution in [0.4, 0.5) is 0 Å². The number of hydrogen-bond acceptors (Lipinski definition) is 4. The Morgan fingerprint density at radius 1 is 1.26 bits per heavy atom. The molecule has 0 aromatic rings. The molecule has 110 valence electrons. The van der Waals surface area contributed by atoms with E-state index in [1.165, 1.54) is 6.42 Å². The van der Waals surface area contributed by atoms with Crippen molar-refractivity contribution in [3.63, 3.8) is 0 Å². The van der Waals surface area contributed by atoms with Crippen molar-refractivity contribution in [3.8, 4) is 0 Å². The van der Waals surface area contributed by atoms with Gasteiger partial charge < -0.3 is 15.3 Å². The number of piperidine rings is 1. The molecule has 2 aliphatic rings. The molecule has 0 aromatic carbocycles. The van der Waals surface area contributed by atoms with Gasteiger partial charge in [0.2, 0.25) is 5.91 Å². The molecule has 2 saturated heterocycles. The van der Waals surface area contributed by atoms with E-state index >= 15 is 0 Å². The smallest absolute Gasteiger partial charge is 0.239 e. The fraction of sp³-hybridized carbons (Fsp3) is 0.929. The molecule has 1 amide bonds.